The van der Waals surface area contributed by atoms with Crippen molar-refractivity contribution in [2.75, 3.05) is 0 Å². The molecule has 4 heteroatoms. The van der Waals surface area contributed by atoms with Gasteiger partial charge in [-0.3, -0.25) is 0 Å². The maximum absolute atomic E-state index is 2.66. The van der Waals surface area contributed by atoms with Gasteiger partial charge < -0.3 is 18.3 Å². The van der Waals surface area contributed by atoms with E-state index in [-0.39, 0.29) is 0 Å². The van der Waals surface area contributed by atoms with Crippen LogP contribution in [0.4, 0.5) is 0 Å². The topological polar surface area (TPSA) is 19.7 Å². The van der Waals surface area contributed by atoms with Crippen molar-refractivity contribution in [1.29, 1.82) is 0 Å². The third-order valence-electron chi connectivity index (χ3n) is 15.7. The Morgan fingerprint density at radius 2 is 0.676 bits per heavy atom. The molecule has 0 saturated carbocycles. The lowest BCUT2D eigenvalue weighted by atomic mass is 9.99. The number of rotatable bonds is 15. The van der Waals surface area contributed by atoms with Gasteiger partial charge in [0.2, 0.25) is 0 Å². The molecule has 0 bridgehead atoms. The average Bonchev–Trinajstić information content (AvgIpc) is 4.10. The molecule has 12 rings (SSSR count). The molecule has 0 saturated heterocycles. The Labute approximate surface area is 400 Å². The summed E-state index contributed by atoms with van der Waals surface area (Å²) in [5, 5.41) is 10.5. The number of unbranched alkanes of at least 4 members (excludes halogenated alkanes) is 2. The first-order chi connectivity index (χ1) is 33.6. The second-order valence-electron chi connectivity index (χ2n) is 19.7. The number of hydrogen-bond acceptors (Lipinski definition) is 0. The summed E-state index contributed by atoms with van der Waals surface area (Å²) in [6.45, 7) is 11.4. The highest BCUT2D eigenvalue weighted by Gasteiger charge is 2.21. The van der Waals surface area contributed by atoms with Gasteiger partial charge in [0.15, 0.2) is 0 Å². The Morgan fingerprint density at radius 3 is 1.03 bits per heavy atom. The van der Waals surface area contributed by atoms with E-state index in [2.05, 4.69) is 216 Å². The Morgan fingerprint density at radius 1 is 0.324 bits per heavy atom. The quantitative estimate of drug-likeness (QED) is 0.0977. The predicted octanol–water partition coefficient (Wildman–Crippen LogP) is 18.2. The van der Waals surface area contributed by atoms with Crippen molar-refractivity contribution in [1.82, 2.24) is 18.3 Å². The Balaban J connectivity index is 1.02. The highest BCUT2D eigenvalue weighted by Crippen LogP contribution is 2.41. The van der Waals surface area contributed by atoms with Crippen LogP contribution < -0.4 is 0 Å². The van der Waals surface area contributed by atoms with E-state index < -0.39 is 0 Å². The van der Waals surface area contributed by atoms with Crippen molar-refractivity contribution in [3.63, 3.8) is 0 Å². The second-order valence-corrected chi connectivity index (χ2v) is 19.7. The number of aromatic nitrogens is 4. The van der Waals surface area contributed by atoms with Gasteiger partial charge in [0.1, 0.15) is 0 Å². The molecule has 12 aromatic rings. The fourth-order valence-corrected chi connectivity index (χ4v) is 12.0. The van der Waals surface area contributed by atoms with Crippen LogP contribution in [0.25, 0.3) is 110 Å². The van der Waals surface area contributed by atoms with Gasteiger partial charge >= 0.3 is 0 Å². The minimum Gasteiger partial charge on any atom is -0.340 e. The van der Waals surface area contributed by atoms with Gasteiger partial charge in [0.25, 0.3) is 0 Å². The van der Waals surface area contributed by atoms with E-state index in [0.717, 1.165) is 13.1 Å². The first-order valence-corrected chi connectivity index (χ1v) is 25.7. The van der Waals surface area contributed by atoms with Crippen LogP contribution in [-0.2, 0) is 13.1 Å². The molecule has 0 fully saturated rings. The molecule has 0 spiro atoms. The normalized spacial score (nSPS) is 13.2. The van der Waals surface area contributed by atoms with E-state index in [4.69, 9.17) is 0 Å². The van der Waals surface area contributed by atoms with Gasteiger partial charge in [0, 0.05) is 78.6 Å². The fourth-order valence-electron chi connectivity index (χ4n) is 12.0. The molecule has 0 radical (unpaired) electrons. The van der Waals surface area contributed by atoms with Crippen molar-refractivity contribution in [2.24, 2.45) is 11.8 Å². The van der Waals surface area contributed by atoms with E-state index in [1.165, 1.54) is 161 Å². The molecule has 2 unspecified atom stereocenters. The maximum atomic E-state index is 2.66. The van der Waals surface area contributed by atoms with Crippen LogP contribution in [-0.4, -0.2) is 18.3 Å². The molecular formula is C64H62N4. The van der Waals surface area contributed by atoms with Crippen molar-refractivity contribution < 1.29 is 0 Å². The number of benzene rings is 8. The molecule has 4 aromatic heterocycles. The number of para-hydroxylation sites is 4. The Kier molecular flexibility index (Phi) is 10.9. The molecule has 0 aliphatic carbocycles. The lowest BCUT2D eigenvalue weighted by Gasteiger charge is -2.18. The predicted molar refractivity (Wildman–Crippen MR) is 293 cm³/mol. The molecule has 4 heterocycles. The van der Waals surface area contributed by atoms with Crippen LogP contribution in [0, 0.1) is 11.8 Å². The summed E-state index contributed by atoms with van der Waals surface area (Å²) in [5.74, 6) is 1.24. The van der Waals surface area contributed by atoms with E-state index in [0.29, 0.717) is 11.8 Å². The molecule has 68 heavy (non-hydrogen) atoms. The van der Waals surface area contributed by atoms with Gasteiger partial charge in [-0.05, 0) is 109 Å². The van der Waals surface area contributed by atoms with Crippen LogP contribution in [0.5, 0.6) is 0 Å². The minimum atomic E-state index is 0.620. The molecule has 2 atom stereocenters. The zero-order chi connectivity index (χ0) is 45.9. The SMILES string of the molecule is CCCCC(CC)Cn1c2ccc(-c3ccc4c(c3)c3ccc(-n5c6ccccc6c6ccccc65)cc3n4CC(CC)CCCC)cc2c2ccc(-n3c4ccccc4c4ccccc43)cc21. The zero-order valence-electron chi connectivity index (χ0n) is 40.2. The molecule has 0 aliphatic rings. The standard InChI is InChI=1S/C64H62N4/c1-5-9-19-43(7-3)41-65-57-35-29-45(37-55(57)53-33-31-47(39-63(53)65)67-59-25-15-11-21-49(59)50-22-12-16-26-60(50)67)46-30-36-58-56(38-46)54-34-32-48(40-64(54)66(58)42-44(8-4)20-10-6-2)68-61-27-17-13-23-51(61)52-24-14-18-28-62(52)68/h11-18,21-40,43-44H,5-10,19-20,41-42H2,1-4H3. The molecule has 338 valence electrons. The fraction of sp³-hybridized carbons (Fsp3) is 0.250. The third kappa shape index (κ3) is 6.94. The minimum absolute atomic E-state index is 0.620. The Hall–Kier alpha value is -7.04. The summed E-state index contributed by atoms with van der Waals surface area (Å²) in [5.41, 5.74) is 15.2. The molecule has 4 nitrogen and oxygen atoms in total. The van der Waals surface area contributed by atoms with Gasteiger partial charge in [-0.25, -0.2) is 0 Å². The number of fused-ring (bicyclic) bond motifs is 12. The first-order valence-electron chi connectivity index (χ1n) is 25.7. The number of nitrogens with zero attached hydrogens (tertiary/aromatic N) is 4. The second kappa shape index (κ2) is 17.6. The van der Waals surface area contributed by atoms with Gasteiger partial charge in [-0.15, -0.1) is 0 Å². The van der Waals surface area contributed by atoms with Gasteiger partial charge in [-0.1, -0.05) is 163 Å². The summed E-state index contributed by atoms with van der Waals surface area (Å²) in [7, 11) is 0. The van der Waals surface area contributed by atoms with Crippen molar-refractivity contribution in [3.05, 3.63) is 170 Å². The highest BCUT2D eigenvalue weighted by molar-refractivity contribution is 6.14. The van der Waals surface area contributed by atoms with Gasteiger partial charge in [-0.2, -0.15) is 0 Å². The van der Waals surface area contributed by atoms with Crippen LogP contribution in [0.1, 0.15) is 79.1 Å². The molecule has 0 amide bonds. The van der Waals surface area contributed by atoms with Crippen molar-refractivity contribution in [3.8, 4) is 22.5 Å². The first kappa shape index (κ1) is 42.3. The van der Waals surface area contributed by atoms with Crippen molar-refractivity contribution in [2.45, 2.75) is 92.2 Å². The summed E-state index contributed by atoms with van der Waals surface area (Å²) >= 11 is 0. The number of hydrogen-bond donors (Lipinski definition) is 0. The lowest BCUT2D eigenvalue weighted by Crippen LogP contribution is -2.10. The molecular weight excluding hydrogens is 825 g/mol. The van der Waals surface area contributed by atoms with E-state index >= 15 is 0 Å². The molecule has 8 aromatic carbocycles. The molecule has 0 N–H and O–H groups in total. The van der Waals surface area contributed by atoms with Crippen LogP contribution >= 0.6 is 0 Å². The van der Waals surface area contributed by atoms with Crippen LogP contribution in [0.3, 0.4) is 0 Å². The molecule has 0 aliphatic heterocycles. The van der Waals surface area contributed by atoms with Crippen molar-refractivity contribution >= 4 is 87.2 Å². The van der Waals surface area contributed by atoms with Crippen LogP contribution in [0.15, 0.2) is 170 Å². The summed E-state index contributed by atoms with van der Waals surface area (Å²) in [6, 6.07) is 64.5. The summed E-state index contributed by atoms with van der Waals surface area (Å²) < 4.78 is 10.2. The van der Waals surface area contributed by atoms with E-state index in [1.807, 2.05) is 0 Å². The zero-order valence-corrected chi connectivity index (χ0v) is 40.2. The average molecular weight is 887 g/mol. The highest BCUT2D eigenvalue weighted by atomic mass is 15.0. The monoisotopic (exact) mass is 886 g/mol. The summed E-state index contributed by atoms with van der Waals surface area (Å²) in [6.07, 6.45) is 9.86. The maximum Gasteiger partial charge on any atom is 0.0541 e. The van der Waals surface area contributed by atoms with Crippen LogP contribution in [0.2, 0.25) is 0 Å². The van der Waals surface area contributed by atoms with E-state index in [9.17, 15) is 0 Å². The third-order valence-corrected chi connectivity index (χ3v) is 15.7. The van der Waals surface area contributed by atoms with E-state index in [1.54, 1.807) is 0 Å². The Bertz CT molecular complexity index is 3470. The van der Waals surface area contributed by atoms with Gasteiger partial charge in [0.05, 0.1) is 33.1 Å². The largest absolute Gasteiger partial charge is 0.340 e. The lowest BCUT2D eigenvalue weighted by molar-refractivity contribution is 0.401. The smallest absolute Gasteiger partial charge is 0.0541 e. The summed E-state index contributed by atoms with van der Waals surface area (Å²) in [4.78, 5) is 0.